The van der Waals surface area contributed by atoms with Crippen LogP contribution in [0.3, 0.4) is 0 Å². The quantitative estimate of drug-likeness (QED) is 0.240. The van der Waals surface area contributed by atoms with Crippen molar-refractivity contribution in [2.24, 2.45) is 0 Å². The van der Waals surface area contributed by atoms with Crippen LogP contribution in [0.15, 0.2) is 24.3 Å². The molecule has 0 unspecified atom stereocenters. The normalized spacial score (nSPS) is 44.3. The molecule has 8 fully saturated rings. The van der Waals surface area contributed by atoms with Crippen LogP contribution >= 0.6 is 0 Å². The van der Waals surface area contributed by atoms with Gasteiger partial charge in [-0.2, -0.15) is 0 Å². The van der Waals surface area contributed by atoms with Gasteiger partial charge < -0.3 is 91.4 Å². The summed E-state index contributed by atoms with van der Waals surface area (Å²) in [7, 11) is 7.70. The van der Waals surface area contributed by atoms with Crippen molar-refractivity contribution in [3.05, 3.63) is 57.6 Å². The minimum atomic E-state index is -1.77. The zero-order chi connectivity index (χ0) is 58.8. The number of Topliss-reactive ketones (excluding diaryl/α,β-unsaturated/α-hetero) is 2. The second-order valence-electron chi connectivity index (χ2n) is 24.9. The Morgan fingerprint density at radius 3 is 1.55 bits per heavy atom. The Bertz CT molecular complexity index is 2820. The molecule has 23 heteroatoms. The van der Waals surface area contributed by atoms with Gasteiger partial charge in [-0.1, -0.05) is 19.1 Å². The number of hydrogen-bond acceptors (Lipinski definition) is 23. The Balaban J connectivity index is 0.793. The SMILES string of the molecule is CC[C@]1(O)C[C@@H](O[C@@H]2C[C@@H](N(C)C)[C@H](O[C@@H]3C[C@H]4O[C@H]5CC(=O)[C@H](C)O[C@@H]5O[C@@H]4[C@H](C)O3)[C@H](C)O2)c2cc3c(c(O)c2[C@H]1O[C@H]1C[C@H](N(C)C)[C@@H](O[C@@H]2C[C@@H]4O[C@H]5CC(=O)[C@H](C)O[C@H]5O[C@@H]4[C@@H](C)O2)[C@@H](C)O1)C(=O)c1cccc(O)c1C3=O. The molecule has 10 aliphatic rings. The number of nitrogens with zero attached hydrogens (tertiary/aromatic N) is 2. The molecule has 8 aliphatic heterocycles. The van der Waals surface area contributed by atoms with Gasteiger partial charge >= 0.3 is 0 Å². The number of carbonyl (C=O) groups is 4. The molecule has 8 heterocycles. The number of ketones is 4. The van der Waals surface area contributed by atoms with E-state index in [4.69, 9.17) is 66.3 Å². The number of fused-ring (bicyclic) bond motifs is 7. The molecule has 0 aromatic heterocycles. The summed E-state index contributed by atoms with van der Waals surface area (Å²) in [5, 5.41) is 36.8. The highest BCUT2D eigenvalue weighted by Gasteiger charge is 2.56. The lowest BCUT2D eigenvalue weighted by molar-refractivity contribution is -0.372. The summed E-state index contributed by atoms with van der Waals surface area (Å²) in [5.74, 6) is -2.40. The van der Waals surface area contributed by atoms with Crippen molar-refractivity contribution in [2.75, 3.05) is 28.2 Å². The van der Waals surface area contributed by atoms with Crippen LogP contribution in [0.1, 0.15) is 155 Å². The molecule has 25 atom stereocenters. The zero-order valence-corrected chi connectivity index (χ0v) is 48.9. The van der Waals surface area contributed by atoms with Crippen LogP contribution in [-0.2, 0) is 75.9 Å². The number of hydrogen-bond donors (Lipinski definition) is 3. The van der Waals surface area contributed by atoms with Crippen molar-refractivity contribution in [2.45, 2.75) is 253 Å². The Morgan fingerprint density at radius 1 is 0.566 bits per heavy atom. The van der Waals surface area contributed by atoms with E-state index in [0.29, 0.717) is 12.8 Å². The van der Waals surface area contributed by atoms with Gasteiger partial charge in [-0.05, 0) is 93.9 Å². The van der Waals surface area contributed by atoms with Crippen LogP contribution in [0, 0.1) is 0 Å². The van der Waals surface area contributed by atoms with Crippen molar-refractivity contribution < 1.29 is 101 Å². The third kappa shape index (κ3) is 10.8. The molecule has 0 spiro atoms. The number of ether oxygens (including phenoxy) is 14. The summed E-state index contributed by atoms with van der Waals surface area (Å²) in [6, 6.07) is 5.07. The van der Waals surface area contributed by atoms with Gasteiger partial charge in [0, 0.05) is 73.7 Å². The summed E-state index contributed by atoms with van der Waals surface area (Å²) in [6.07, 6.45) is -12.7. The van der Waals surface area contributed by atoms with Crippen LogP contribution < -0.4 is 0 Å². The van der Waals surface area contributed by atoms with Gasteiger partial charge in [0.25, 0.3) is 0 Å². The molecule has 456 valence electrons. The first-order valence-corrected chi connectivity index (χ1v) is 29.6. The minimum absolute atomic E-state index is 0.0461. The summed E-state index contributed by atoms with van der Waals surface area (Å²) >= 11 is 0. The molecule has 2 aromatic rings. The topological polar surface area (TPSA) is 265 Å². The molecule has 12 rings (SSSR count). The standard InChI is InChI=1S/C60H80N2O21/c1-12-60(69)23-42(78-43-17-33(61(8)9)53(26(4)70-43)79-45-21-38-55(28(6)72-45)82-58-40(76-38)19-36(64)24(2)74-58)31-16-32-48(50(66)30-14-13-15-35(63)47(30)51(32)67)52(68)49(31)57(60)81-44-18-34(62(10)11)54(27(5)71-44)80-46-22-39-56(29(7)73-46)83-59-41(77-39)20-37(65)25(3)75-59/h13-16,24-29,33-34,38-46,53-59,63,68-69H,12,17-23H2,1-11H3/t24-,25-,26-,27+,28-,29+,33+,34-,38+,39-,40-,41-,42+,43+,44-,45+,46+,53+,54-,55+,56+,57+,58+,59-,60-/m0/s1. The second kappa shape index (κ2) is 23.0. The van der Waals surface area contributed by atoms with Gasteiger partial charge in [0.15, 0.2) is 60.9 Å². The fourth-order valence-corrected chi connectivity index (χ4v) is 14.4. The molecule has 0 saturated carbocycles. The van der Waals surface area contributed by atoms with Gasteiger partial charge in [-0.3, -0.25) is 19.2 Å². The van der Waals surface area contributed by atoms with E-state index in [1.54, 1.807) is 20.8 Å². The molecule has 3 N–H and O–H groups in total. The van der Waals surface area contributed by atoms with Crippen LogP contribution in [0.4, 0.5) is 0 Å². The summed E-state index contributed by atoms with van der Waals surface area (Å²) in [5.41, 5.74) is -2.14. The van der Waals surface area contributed by atoms with E-state index < -0.39 is 158 Å². The van der Waals surface area contributed by atoms with E-state index in [1.807, 2.05) is 65.7 Å². The fraction of sp³-hybridized carbons (Fsp3) is 0.733. The number of rotatable bonds is 11. The van der Waals surface area contributed by atoms with Gasteiger partial charge in [0.05, 0.1) is 59.5 Å². The molecule has 0 radical (unpaired) electrons. The number of phenolic OH excluding ortho intramolecular Hbond substituents is 2. The highest BCUT2D eigenvalue weighted by Crippen LogP contribution is 2.55. The first-order valence-electron chi connectivity index (χ1n) is 29.6. The average molecular weight is 1170 g/mol. The molecule has 2 aliphatic carbocycles. The number of aromatic hydroxyl groups is 2. The lowest BCUT2D eigenvalue weighted by Gasteiger charge is -2.51. The van der Waals surface area contributed by atoms with Crippen LogP contribution in [0.25, 0.3) is 0 Å². The molecule has 0 bridgehead atoms. The largest absolute Gasteiger partial charge is 0.507 e. The van der Waals surface area contributed by atoms with Crippen LogP contribution in [0.2, 0.25) is 0 Å². The van der Waals surface area contributed by atoms with Gasteiger partial charge in [0.1, 0.15) is 66.4 Å². The van der Waals surface area contributed by atoms with Crippen LogP contribution in [-0.4, -0.2) is 217 Å². The number of benzene rings is 2. The van der Waals surface area contributed by atoms with Crippen molar-refractivity contribution in [1.29, 1.82) is 0 Å². The average Bonchev–Trinajstić information content (AvgIpc) is 1.44. The van der Waals surface area contributed by atoms with Crippen molar-refractivity contribution >= 4 is 23.1 Å². The Labute approximate surface area is 482 Å². The van der Waals surface area contributed by atoms with Crippen molar-refractivity contribution in [3.63, 3.8) is 0 Å². The molecular formula is C60H80N2O21. The van der Waals surface area contributed by atoms with E-state index >= 15 is 0 Å². The second-order valence-corrected chi connectivity index (χ2v) is 24.9. The maximum Gasteiger partial charge on any atom is 0.198 e. The van der Waals surface area contributed by atoms with Crippen LogP contribution in [0.5, 0.6) is 11.5 Å². The third-order valence-electron chi connectivity index (χ3n) is 19.0. The fourth-order valence-electron chi connectivity index (χ4n) is 14.4. The maximum atomic E-state index is 14.5. The van der Waals surface area contributed by atoms with Gasteiger partial charge in [0.2, 0.25) is 0 Å². The van der Waals surface area contributed by atoms with E-state index in [1.165, 1.54) is 24.3 Å². The molecule has 83 heavy (non-hydrogen) atoms. The lowest BCUT2D eigenvalue weighted by atomic mass is 9.71. The van der Waals surface area contributed by atoms with E-state index in [9.17, 15) is 34.5 Å². The highest BCUT2D eigenvalue weighted by atomic mass is 16.8. The molecule has 2 aromatic carbocycles. The number of aliphatic hydroxyl groups is 1. The van der Waals surface area contributed by atoms with Gasteiger partial charge in [-0.15, -0.1) is 0 Å². The first kappa shape index (κ1) is 59.4. The molecule has 23 nitrogen and oxygen atoms in total. The zero-order valence-electron chi connectivity index (χ0n) is 48.9. The molecular weight excluding hydrogens is 1080 g/mol. The summed E-state index contributed by atoms with van der Waals surface area (Å²) in [4.78, 5) is 58.2. The predicted octanol–water partition coefficient (Wildman–Crippen LogP) is 4.42. The summed E-state index contributed by atoms with van der Waals surface area (Å²) in [6.45, 7) is 12.7. The van der Waals surface area contributed by atoms with Crippen molar-refractivity contribution in [3.8, 4) is 11.5 Å². The Kier molecular flexibility index (Phi) is 16.4. The number of carbonyl (C=O) groups excluding carboxylic acids is 4. The smallest absolute Gasteiger partial charge is 0.198 e. The van der Waals surface area contributed by atoms with Gasteiger partial charge in [-0.25, -0.2) is 0 Å². The molecule has 8 saturated heterocycles. The lowest BCUT2D eigenvalue weighted by Crippen LogP contribution is -2.62. The van der Waals surface area contributed by atoms with E-state index in [2.05, 4.69) is 0 Å². The monoisotopic (exact) mass is 1160 g/mol. The maximum absolute atomic E-state index is 14.5. The predicted molar refractivity (Wildman–Crippen MR) is 286 cm³/mol. The number of likely N-dealkylation sites (N-methyl/N-ethyl adjacent to an activating group) is 2. The van der Waals surface area contributed by atoms with Crippen molar-refractivity contribution in [1.82, 2.24) is 9.80 Å². The highest BCUT2D eigenvalue weighted by molar-refractivity contribution is 6.30. The third-order valence-corrected chi connectivity index (χ3v) is 19.0. The Morgan fingerprint density at radius 2 is 1.05 bits per heavy atom. The first-order chi connectivity index (χ1) is 39.5. The van der Waals surface area contributed by atoms with E-state index in [0.717, 1.165) is 0 Å². The minimum Gasteiger partial charge on any atom is -0.507 e. The molecule has 0 amide bonds. The Hall–Kier alpha value is -3.96. The summed E-state index contributed by atoms with van der Waals surface area (Å²) < 4.78 is 91.0. The number of phenols is 2. The van der Waals surface area contributed by atoms with E-state index in [-0.39, 0.29) is 101 Å².